The molecule has 180 valence electrons. The molecule has 0 bridgehead atoms. The lowest BCUT2D eigenvalue weighted by molar-refractivity contribution is -0.0721. The van der Waals surface area contributed by atoms with Crippen LogP contribution in [0.15, 0.2) is 29.3 Å². The minimum atomic E-state index is 0.295. The van der Waals surface area contributed by atoms with E-state index in [1.54, 1.807) is 0 Å². The molecular weight excluding hydrogens is 404 g/mol. The van der Waals surface area contributed by atoms with E-state index in [0.29, 0.717) is 25.4 Å². The average Bonchev–Trinajstić information content (AvgIpc) is 2.81. The van der Waals surface area contributed by atoms with Crippen LogP contribution in [0.2, 0.25) is 0 Å². The molecule has 2 aliphatic rings. The number of guanidine groups is 1. The number of aliphatic imine (C=N–C) groups is 1. The van der Waals surface area contributed by atoms with E-state index < -0.39 is 0 Å². The molecule has 1 aromatic carbocycles. The van der Waals surface area contributed by atoms with E-state index in [-0.39, 0.29) is 0 Å². The second-order valence-corrected chi connectivity index (χ2v) is 8.98. The van der Waals surface area contributed by atoms with Crippen molar-refractivity contribution in [1.82, 2.24) is 15.1 Å². The minimum Gasteiger partial charge on any atom is -0.492 e. The SMILES string of the molecule is CCNC(=NCc1cccc(OCCN(C)C)c1)N1CCC(OCC2CCCCO2)CC1. The lowest BCUT2D eigenvalue weighted by Crippen LogP contribution is -2.47. The Morgan fingerprint density at radius 3 is 2.78 bits per heavy atom. The standard InChI is InChI=1S/C25H42N4O3/c1-4-26-25(27-19-21-8-7-10-23(18-21)31-17-15-28(2)3)29-13-11-22(12-14-29)32-20-24-9-5-6-16-30-24/h7-8,10,18,22,24H,4-6,9,11-17,19-20H2,1-3H3,(H,26,27). The van der Waals surface area contributed by atoms with Gasteiger partial charge in [-0.1, -0.05) is 12.1 Å². The second-order valence-electron chi connectivity index (χ2n) is 8.98. The average molecular weight is 447 g/mol. The first-order chi connectivity index (χ1) is 15.6. The van der Waals surface area contributed by atoms with Gasteiger partial charge < -0.3 is 29.3 Å². The van der Waals surface area contributed by atoms with Crippen molar-refractivity contribution in [2.45, 2.75) is 57.8 Å². The van der Waals surface area contributed by atoms with Gasteiger partial charge in [0.2, 0.25) is 0 Å². The van der Waals surface area contributed by atoms with Gasteiger partial charge in [0.05, 0.1) is 25.4 Å². The maximum absolute atomic E-state index is 6.17. The van der Waals surface area contributed by atoms with Gasteiger partial charge in [0, 0.05) is 32.8 Å². The number of ether oxygens (including phenoxy) is 3. The fourth-order valence-corrected chi connectivity index (χ4v) is 4.09. The van der Waals surface area contributed by atoms with E-state index in [9.17, 15) is 0 Å². The van der Waals surface area contributed by atoms with Crippen LogP contribution >= 0.6 is 0 Å². The highest BCUT2D eigenvalue weighted by atomic mass is 16.5. The number of likely N-dealkylation sites (tertiary alicyclic amines) is 1. The second kappa shape index (κ2) is 13.7. The van der Waals surface area contributed by atoms with Crippen molar-refractivity contribution in [2.24, 2.45) is 4.99 Å². The molecule has 7 nitrogen and oxygen atoms in total. The predicted octanol–water partition coefficient (Wildman–Crippen LogP) is 3.14. The van der Waals surface area contributed by atoms with Crippen molar-refractivity contribution >= 4 is 5.96 Å². The zero-order chi connectivity index (χ0) is 22.6. The summed E-state index contributed by atoms with van der Waals surface area (Å²) in [6.45, 7) is 8.78. The first kappa shape index (κ1) is 24.8. The van der Waals surface area contributed by atoms with Crippen LogP contribution in [0.1, 0.15) is 44.6 Å². The lowest BCUT2D eigenvalue weighted by atomic mass is 10.1. The van der Waals surface area contributed by atoms with Gasteiger partial charge in [-0.15, -0.1) is 0 Å². The Hall–Kier alpha value is -1.83. The molecule has 0 aromatic heterocycles. The van der Waals surface area contributed by atoms with E-state index in [2.05, 4.69) is 48.3 Å². The summed E-state index contributed by atoms with van der Waals surface area (Å²) >= 11 is 0. The molecule has 3 rings (SSSR count). The number of likely N-dealkylation sites (N-methyl/N-ethyl adjacent to an activating group) is 1. The van der Waals surface area contributed by atoms with E-state index in [1.165, 1.54) is 12.8 Å². The summed E-state index contributed by atoms with van der Waals surface area (Å²) < 4.78 is 17.8. The minimum absolute atomic E-state index is 0.295. The highest BCUT2D eigenvalue weighted by molar-refractivity contribution is 5.80. The van der Waals surface area contributed by atoms with E-state index in [4.69, 9.17) is 19.2 Å². The Bertz CT molecular complexity index is 684. The number of hydrogen-bond donors (Lipinski definition) is 1. The van der Waals surface area contributed by atoms with Crippen LogP contribution in [0.3, 0.4) is 0 Å². The maximum Gasteiger partial charge on any atom is 0.194 e. The van der Waals surface area contributed by atoms with Crippen LogP contribution in [-0.4, -0.2) is 88.1 Å². The highest BCUT2D eigenvalue weighted by Gasteiger charge is 2.23. The molecule has 0 amide bonds. The topological polar surface area (TPSA) is 58.6 Å². The van der Waals surface area contributed by atoms with Crippen molar-refractivity contribution in [3.05, 3.63) is 29.8 Å². The van der Waals surface area contributed by atoms with E-state index in [0.717, 1.165) is 75.9 Å². The highest BCUT2D eigenvalue weighted by Crippen LogP contribution is 2.19. The van der Waals surface area contributed by atoms with Crippen LogP contribution in [0.5, 0.6) is 5.75 Å². The number of rotatable bonds is 10. The molecule has 0 radical (unpaired) electrons. The van der Waals surface area contributed by atoms with E-state index in [1.807, 2.05) is 12.1 Å². The lowest BCUT2D eigenvalue weighted by Gasteiger charge is -2.35. The fraction of sp³-hybridized carbons (Fsp3) is 0.720. The third kappa shape index (κ3) is 8.60. The first-order valence-electron chi connectivity index (χ1n) is 12.3. The van der Waals surface area contributed by atoms with Gasteiger partial charge >= 0.3 is 0 Å². The molecule has 1 unspecified atom stereocenters. The van der Waals surface area contributed by atoms with Gasteiger partial charge in [-0.05, 0) is 70.8 Å². The Morgan fingerprint density at radius 2 is 2.06 bits per heavy atom. The van der Waals surface area contributed by atoms with Gasteiger partial charge in [-0.25, -0.2) is 4.99 Å². The fourth-order valence-electron chi connectivity index (χ4n) is 4.09. The number of piperidine rings is 1. The molecule has 0 saturated carbocycles. The van der Waals surface area contributed by atoms with Gasteiger partial charge in [-0.2, -0.15) is 0 Å². The maximum atomic E-state index is 6.17. The third-order valence-electron chi connectivity index (χ3n) is 5.99. The van der Waals surface area contributed by atoms with Crippen molar-refractivity contribution in [3.63, 3.8) is 0 Å². The Morgan fingerprint density at radius 1 is 1.22 bits per heavy atom. The number of nitrogens with one attached hydrogen (secondary N) is 1. The molecule has 0 aliphatic carbocycles. The van der Waals surface area contributed by atoms with Crippen LogP contribution in [0, 0.1) is 0 Å². The van der Waals surface area contributed by atoms with Gasteiger partial charge in [-0.3, -0.25) is 0 Å². The summed E-state index contributed by atoms with van der Waals surface area (Å²) in [5.74, 6) is 1.89. The molecule has 7 heteroatoms. The summed E-state index contributed by atoms with van der Waals surface area (Å²) in [4.78, 5) is 9.39. The largest absolute Gasteiger partial charge is 0.492 e. The molecule has 1 atom stereocenters. The van der Waals surface area contributed by atoms with Gasteiger partial charge in [0.25, 0.3) is 0 Å². The Kier molecular flexibility index (Phi) is 10.6. The number of hydrogen-bond acceptors (Lipinski definition) is 5. The first-order valence-corrected chi connectivity index (χ1v) is 12.3. The molecule has 1 aromatic rings. The molecular formula is C25H42N4O3. The predicted molar refractivity (Wildman–Crippen MR) is 129 cm³/mol. The van der Waals surface area contributed by atoms with Gasteiger partial charge in [0.15, 0.2) is 5.96 Å². The van der Waals surface area contributed by atoms with Crippen LogP contribution in [-0.2, 0) is 16.0 Å². The zero-order valence-corrected chi connectivity index (χ0v) is 20.2. The molecule has 2 heterocycles. The Balaban J connectivity index is 1.46. The molecule has 2 saturated heterocycles. The third-order valence-corrected chi connectivity index (χ3v) is 5.99. The molecule has 1 N–H and O–H groups in total. The van der Waals surface area contributed by atoms with Crippen LogP contribution < -0.4 is 10.1 Å². The zero-order valence-electron chi connectivity index (χ0n) is 20.2. The van der Waals surface area contributed by atoms with Crippen LogP contribution in [0.25, 0.3) is 0 Å². The molecule has 0 spiro atoms. The summed E-state index contributed by atoms with van der Waals surface area (Å²) in [5, 5.41) is 3.46. The van der Waals surface area contributed by atoms with E-state index >= 15 is 0 Å². The number of benzene rings is 1. The van der Waals surface area contributed by atoms with Crippen molar-refractivity contribution in [1.29, 1.82) is 0 Å². The summed E-state index contributed by atoms with van der Waals surface area (Å²) in [5.41, 5.74) is 1.16. The quantitative estimate of drug-likeness (QED) is 0.440. The smallest absolute Gasteiger partial charge is 0.194 e. The normalized spacial score (nSPS) is 20.6. The monoisotopic (exact) mass is 446 g/mol. The van der Waals surface area contributed by atoms with Crippen molar-refractivity contribution < 1.29 is 14.2 Å². The van der Waals surface area contributed by atoms with Crippen molar-refractivity contribution in [2.75, 3.05) is 60.1 Å². The summed E-state index contributed by atoms with van der Waals surface area (Å²) in [7, 11) is 4.10. The van der Waals surface area contributed by atoms with Crippen LogP contribution in [0.4, 0.5) is 0 Å². The summed E-state index contributed by atoms with van der Waals surface area (Å²) in [6, 6.07) is 8.26. The number of nitrogens with zero attached hydrogens (tertiary/aromatic N) is 3. The van der Waals surface area contributed by atoms with Crippen molar-refractivity contribution in [3.8, 4) is 5.75 Å². The molecule has 2 aliphatic heterocycles. The molecule has 2 fully saturated rings. The Labute approximate surface area is 194 Å². The summed E-state index contributed by atoms with van der Waals surface area (Å²) in [6.07, 6.45) is 6.28. The van der Waals surface area contributed by atoms with Gasteiger partial charge in [0.1, 0.15) is 12.4 Å². The molecule has 32 heavy (non-hydrogen) atoms.